The second kappa shape index (κ2) is 7.51. The summed E-state index contributed by atoms with van der Waals surface area (Å²) in [6.45, 7) is 8.88. The minimum Gasteiger partial charge on any atom is -0.431 e. The number of hydrogen-bond donors (Lipinski definition) is 0. The highest BCUT2D eigenvalue weighted by molar-refractivity contribution is 5.60. The first kappa shape index (κ1) is 16.6. The smallest absolute Gasteiger partial charge is 0.431 e. The number of carbonyl (C=O) groups excluding carboxylic acids is 1. The lowest BCUT2D eigenvalue weighted by atomic mass is 9.75. The van der Waals surface area contributed by atoms with E-state index in [0.717, 1.165) is 32.1 Å². The molecule has 0 radical (unpaired) electrons. The minimum atomic E-state index is -0.432. The van der Waals surface area contributed by atoms with Crippen molar-refractivity contribution in [3.8, 4) is 0 Å². The molecule has 2 fully saturated rings. The molecule has 0 amide bonds. The van der Waals surface area contributed by atoms with Crippen molar-refractivity contribution in [3.05, 3.63) is 0 Å². The number of carbonyl (C=O) groups is 1. The maximum Gasteiger partial charge on any atom is 0.508 e. The lowest BCUT2D eigenvalue weighted by molar-refractivity contribution is -0.0587. The van der Waals surface area contributed by atoms with Crippen LogP contribution in [-0.4, -0.2) is 18.4 Å². The highest BCUT2D eigenvalue weighted by atomic mass is 16.7. The summed E-state index contributed by atoms with van der Waals surface area (Å²) in [6.07, 6.45) is 7.64. The SMILES string of the molecule is CC(C)[C@@H]1CC[C@@H](C)C[C@H]1OC(=O)O[C@@H]1CCCC[C@H]1C. The molecule has 0 aromatic heterocycles. The van der Waals surface area contributed by atoms with Crippen molar-refractivity contribution < 1.29 is 14.3 Å². The maximum atomic E-state index is 12.2. The van der Waals surface area contributed by atoms with E-state index in [2.05, 4.69) is 27.7 Å². The van der Waals surface area contributed by atoms with Gasteiger partial charge in [0, 0.05) is 0 Å². The van der Waals surface area contributed by atoms with Gasteiger partial charge in [0.05, 0.1) is 0 Å². The van der Waals surface area contributed by atoms with Crippen LogP contribution in [0.2, 0.25) is 0 Å². The first-order chi connectivity index (χ1) is 9.97. The van der Waals surface area contributed by atoms with E-state index in [1.807, 2.05) is 0 Å². The Labute approximate surface area is 129 Å². The third-order valence-corrected chi connectivity index (χ3v) is 5.49. The predicted molar refractivity (Wildman–Crippen MR) is 84.1 cm³/mol. The molecule has 0 aliphatic heterocycles. The van der Waals surface area contributed by atoms with E-state index in [1.165, 1.54) is 12.8 Å². The van der Waals surface area contributed by atoms with Crippen molar-refractivity contribution in [3.63, 3.8) is 0 Å². The van der Waals surface area contributed by atoms with Crippen molar-refractivity contribution in [1.29, 1.82) is 0 Å². The topological polar surface area (TPSA) is 35.5 Å². The summed E-state index contributed by atoms with van der Waals surface area (Å²) in [5, 5.41) is 0. The molecule has 2 aliphatic rings. The Morgan fingerprint density at radius 1 is 0.952 bits per heavy atom. The summed E-state index contributed by atoms with van der Waals surface area (Å²) in [4.78, 5) is 12.2. The predicted octanol–water partition coefficient (Wildman–Crippen LogP) is 5.18. The molecule has 122 valence electrons. The molecule has 0 bridgehead atoms. The molecule has 2 aliphatic carbocycles. The van der Waals surface area contributed by atoms with E-state index >= 15 is 0 Å². The first-order valence-corrected chi connectivity index (χ1v) is 8.84. The van der Waals surface area contributed by atoms with E-state index < -0.39 is 6.16 Å². The van der Waals surface area contributed by atoms with E-state index in [0.29, 0.717) is 23.7 Å². The van der Waals surface area contributed by atoms with Crippen LogP contribution in [-0.2, 0) is 9.47 Å². The van der Waals surface area contributed by atoms with E-state index in [1.54, 1.807) is 0 Å². The van der Waals surface area contributed by atoms with Crippen LogP contribution < -0.4 is 0 Å². The molecule has 0 aromatic rings. The van der Waals surface area contributed by atoms with Crippen LogP contribution in [0, 0.1) is 23.7 Å². The van der Waals surface area contributed by atoms with Crippen LogP contribution in [0.25, 0.3) is 0 Å². The van der Waals surface area contributed by atoms with Gasteiger partial charge in [0.15, 0.2) is 0 Å². The summed E-state index contributed by atoms with van der Waals surface area (Å²) in [5.74, 6) is 2.16. The van der Waals surface area contributed by atoms with Crippen molar-refractivity contribution in [1.82, 2.24) is 0 Å². The molecule has 0 heterocycles. The lowest BCUT2D eigenvalue weighted by Crippen LogP contribution is -2.37. The van der Waals surface area contributed by atoms with Crippen molar-refractivity contribution in [2.75, 3.05) is 0 Å². The summed E-state index contributed by atoms with van der Waals surface area (Å²) < 4.78 is 11.3. The highest BCUT2D eigenvalue weighted by Gasteiger charge is 2.35. The zero-order valence-electron chi connectivity index (χ0n) is 14.1. The van der Waals surface area contributed by atoms with Gasteiger partial charge in [-0.1, -0.05) is 40.5 Å². The van der Waals surface area contributed by atoms with Crippen molar-refractivity contribution in [2.24, 2.45) is 23.7 Å². The Bertz CT molecular complexity index is 339. The van der Waals surface area contributed by atoms with E-state index in [4.69, 9.17) is 9.47 Å². The zero-order valence-corrected chi connectivity index (χ0v) is 14.1. The summed E-state index contributed by atoms with van der Waals surface area (Å²) in [5.41, 5.74) is 0. The van der Waals surface area contributed by atoms with Gasteiger partial charge in [0.25, 0.3) is 0 Å². The number of ether oxygens (including phenoxy) is 2. The standard InChI is InChI=1S/C18H32O3/c1-12(2)15-10-9-13(3)11-17(15)21-18(19)20-16-8-6-5-7-14(16)4/h12-17H,5-11H2,1-4H3/t13-,14-,15+,16-,17-/m1/s1. The summed E-state index contributed by atoms with van der Waals surface area (Å²) in [7, 11) is 0. The average Bonchev–Trinajstić information content (AvgIpc) is 2.41. The molecule has 0 saturated heterocycles. The lowest BCUT2D eigenvalue weighted by Gasteiger charge is -2.37. The van der Waals surface area contributed by atoms with Gasteiger partial charge in [-0.15, -0.1) is 0 Å². The zero-order chi connectivity index (χ0) is 15.4. The second-order valence-corrected chi connectivity index (χ2v) is 7.65. The van der Waals surface area contributed by atoms with Gasteiger partial charge in [-0.2, -0.15) is 0 Å². The molecular formula is C18H32O3. The fraction of sp³-hybridized carbons (Fsp3) is 0.944. The molecule has 0 aromatic carbocycles. The molecule has 3 heteroatoms. The second-order valence-electron chi connectivity index (χ2n) is 7.65. The molecule has 5 atom stereocenters. The van der Waals surface area contributed by atoms with Crippen LogP contribution in [0.1, 0.15) is 72.6 Å². The Hall–Kier alpha value is -0.730. The van der Waals surface area contributed by atoms with E-state index in [-0.39, 0.29) is 12.2 Å². The van der Waals surface area contributed by atoms with Gasteiger partial charge >= 0.3 is 6.16 Å². The third-order valence-electron chi connectivity index (χ3n) is 5.49. The molecule has 3 nitrogen and oxygen atoms in total. The molecule has 0 N–H and O–H groups in total. The minimum absolute atomic E-state index is 0.0418. The molecule has 2 rings (SSSR count). The fourth-order valence-corrected chi connectivity index (χ4v) is 3.98. The average molecular weight is 296 g/mol. The van der Waals surface area contributed by atoms with Crippen LogP contribution in [0.3, 0.4) is 0 Å². The van der Waals surface area contributed by atoms with Crippen LogP contribution in [0.4, 0.5) is 4.79 Å². The monoisotopic (exact) mass is 296 g/mol. The Balaban J connectivity index is 1.87. The van der Waals surface area contributed by atoms with E-state index in [9.17, 15) is 4.79 Å². The molecule has 0 spiro atoms. The van der Waals surface area contributed by atoms with Gasteiger partial charge < -0.3 is 9.47 Å². The van der Waals surface area contributed by atoms with Crippen molar-refractivity contribution >= 4 is 6.16 Å². The summed E-state index contributed by atoms with van der Waals surface area (Å²) in [6, 6.07) is 0. The van der Waals surface area contributed by atoms with Crippen LogP contribution >= 0.6 is 0 Å². The van der Waals surface area contributed by atoms with Crippen LogP contribution in [0.5, 0.6) is 0 Å². The largest absolute Gasteiger partial charge is 0.508 e. The maximum absolute atomic E-state index is 12.2. The molecular weight excluding hydrogens is 264 g/mol. The Kier molecular flexibility index (Phi) is 5.95. The van der Waals surface area contributed by atoms with Gasteiger partial charge in [-0.05, 0) is 55.8 Å². The quantitative estimate of drug-likeness (QED) is 0.673. The Morgan fingerprint density at radius 2 is 1.62 bits per heavy atom. The summed E-state index contributed by atoms with van der Waals surface area (Å²) >= 11 is 0. The van der Waals surface area contributed by atoms with Crippen LogP contribution in [0.15, 0.2) is 0 Å². The normalized spacial score (nSPS) is 37.3. The highest BCUT2D eigenvalue weighted by Crippen LogP contribution is 2.36. The van der Waals surface area contributed by atoms with Gasteiger partial charge in [0.1, 0.15) is 12.2 Å². The molecule has 0 unspecified atom stereocenters. The Morgan fingerprint density at radius 3 is 2.29 bits per heavy atom. The molecule has 2 saturated carbocycles. The van der Waals surface area contributed by atoms with Crippen molar-refractivity contribution in [2.45, 2.75) is 84.8 Å². The fourth-order valence-electron chi connectivity index (χ4n) is 3.98. The third kappa shape index (κ3) is 4.62. The van der Waals surface area contributed by atoms with Gasteiger partial charge in [-0.25, -0.2) is 4.79 Å². The number of hydrogen-bond acceptors (Lipinski definition) is 3. The molecule has 21 heavy (non-hydrogen) atoms. The number of rotatable bonds is 3. The first-order valence-electron chi connectivity index (χ1n) is 8.84. The van der Waals surface area contributed by atoms with Gasteiger partial charge in [-0.3, -0.25) is 0 Å². The van der Waals surface area contributed by atoms with Gasteiger partial charge in [0.2, 0.25) is 0 Å².